The highest BCUT2D eigenvalue weighted by Crippen LogP contribution is 2.40. The molecule has 1 atom stereocenters. The first-order valence-electron chi connectivity index (χ1n) is 5.14. The number of hydrogen-bond donors (Lipinski definition) is 0. The van der Waals surface area contributed by atoms with Gasteiger partial charge in [0, 0.05) is 32.3 Å². The topological polar surface area (TPSA) is 52.6 Å². The van der Waals surface area contributed by atoms with Crippen molar-refractivity contribution in [3.05, 3.63) is 11.3 Å². The van der Waals surface area contributed by atoms with Crippen molar-refractivity contribution in [1.29, 1.82) is 0 Å². The molecule has 0 radical (unpaired) electrons. The van der Waals surface area contributed by atoms with Crippen LogP contribution in [0.15, 0.2) is 11.3 Å². The SMILES string of the molecule is CC(=O)OC1(C)CC2=C(CCCC2=O)O1. The van der Waals surface area contributed by atoms with Crippen molar-refractivity contribution in [2.24, 2.45) is 0 Å². The molecule has 0 amide bonds. The molecule has 1 aliphatic carbocycles. The molecule has 0 saturated carbocycles. The first-order valence-corrected chi connectivity index (χ1v) is 5.14. The molecule has 1 unspecified atom stereocenters. The van der Waals surface area contributed by atoms with Gasteiger partial charge in [-0.1, -0.05) is 0 Å². The van der Waals surface area contributed by atoms with E-state index < -0.39 is 5.79 Å². The van der Waals surface area contributed by atoms with Gasteiger partial charge in [0.2, 0.25) is 0 Å². The summed E-state index contributed by atoms with van der Waals surface area (Å²) in [6, 6.07) is 0. The van der Waals surface area contributed by atoms with E-state index >= 15 is 0 Å². The minimum atomic E-state index is -0.962. The molecular formula is C11H14O4. The first kappa shape index (κ1) is 10.2. The highest BCUT2D eigenvalue weighted by atomic mass is 16.7. The number of esters is 1. The number of hydrogen-bond acceptors (Lipinski definition) is 4. The fourth-order valence-corrected chi connectivity index (χ4v) is 2.16. The number of rotatable bonds is 1. The zero-order valence-corrected chi connectivity index (χ0v) is 8.96. The molecule has 15 heavy (non-hydrogen) atoms. The summed E-state index contributed by atoms with van der Waals surface area (Å²) in [6.45, 7) is 3.04. The fourth-order valence-electron chi connectivity index (χ4n) is 2.16. The third kappa shape index (κ3) is 1.89. The average Bonchev–Trinajstić information content (AvgIpc) is 2.41. The van der Waals surface area contributed by atoms with E-state index in [-0.39, 0.29) is 11.8 Å². The molecule has 2 rings (SSSR count). The maximum Gasteiger partial charge on any atom is 0.305 e. The van der Waals surface area contributed by atoms with Crippen molar-refractivity contribution < 1.29 is 19.1 Å². The number of carbonyl (C=O) groups excluding carboxylic acids is 2. The zero-order chi connectivity index (χ0) is 11.1. The third-order valence-corrected chi connectivity index (χ3v) is 2.68. The number of allylic oxidation sites excluding steroid dienone is 1. The predicted molar refractivity (Wildman–Crippen MR) is 51.8 cm³/mol. The molecule has 82 valence electrons. The maximum absolute atomic E-state index is 11.6. The highest BCUT2D eigenvalue weighted by Gasteiger charge is 2.42. The second kappa shape index (κ2) is 3.36. The van der Waals surface area contributed by atoms with Crippen molar-refractivity contribution in [3.8, 4) is 0 Å². The van der Waals surface area contributed by atoms with Gasteiger partial charge in [-0.05, 0) is 6.42 Å². The molecule has 4 nitrogen and oxygen atoms in total. The van der Waals surface area contributed by atoms with Gasteiger partial charge in [-0.3, -0.25) is 9.59 Å². The van der Waals surface area contributed by atoms with E-state index in [1.165, 1.54) is 6.92 Å². The van der Waals surface area contributed by atoms with Crippen LogP contribution < -0.4 is 0 Å². The molecule has 0 fully saturated rings. The monoisotopic (exact) mass is 210 g/mol. The second-order valence-corrected chi connectivity index (χ2v) is 4.18. The third-order valence-electron chi connectivity index (χ3n) is 2.68. The summed E-state index contributed by atoms with van der Waals surface area (Å²) in [4.78, 5) is 22.5. The van der Waals surface area contributed by atoms with Crippen molar-refractivity contribution in [2.45, 2.75) is 45.3 Å². The van der Waals surface area contributed by atoms with Gasteiger partial charge in [0.1, 0.15) is 5.76 Å². The quantitative estimate of drug-likeness (QED) is 0.618. The van der Waals surface area contributed by atoms with E-state index in [1.807, 2.05) is 0 Å². The Morgan fingerprint density at radius 2 is 2.20 bits per heavy atom. The average molecular weight is 210 g/mol. The lowest BCUT2D eigenvalue weighted by atomic mass is 9.94. The summed E-state index contributed by atoms with van der Waals surface area (Å²) in [6.07, 6.45) is 2.57. The first-order chi connectivity index (χ1) is 7.00. The van der Waals surface area contributed by atoms with E-state index in [4.69, 9.17) is 9.47 Å². The van der Waals surface area contributed by atoms with E-state index in [0.29, 0.717) is 18.4 Å². The predicted octanol–water partition coefficient (Wildman–Crippen LogP) is 1.69. The van der Waals surface area contributed by atoms with Crippen molar-refractivity contribution in [3.63, 3.8) is 0 Å². The summed E-state index contributed by atoms with van der Waals surface area (Å²) in [5.74, 6) is -0.497. The molecule has 0 aromatic carbocycles. The molecule has 0 aromatic heterocycles. The van der Waals surface area contributed by atoms with Crippen molar-refractivity contribution in [1.82, 2.24) is 0 Å². The Labute approximate surface area is 88.2 Å². The molecular weight excluding hydrogens is 196 g/mol. The van der Waals surface area contributed by atoms with E-state index in [1.54, 1.807) is 6.92 Å². The van der Waals surface area contributed by atoms with Gasteiger partial charge in [-0.25, -0.2) is 0 Å². The standard InChI is InChI=1S/C11H14O4/c1-7(12)14-11(2)6-8-9(13)4-3-5-10(8)15-11/h3-6H2,1-2H3. The van der Waals surface area contributed by atoms with Crippen molar-refractivity contribution in [2.75, 3.05) is 0 Å². The minimum absolute atomic E-state index is 0.132. The summed E-state index contributed by atoms with van der Waals surface area (Å²) in [5.41, 5.74) is 0.713. The normalized spacial score (nSPS) is 29.9. The lowest BCUT2D eigenvalue weighted by molar-refractivity contribution is -0.199. The van der Waals surface area contributed by atoms with Gasteiger partial charge in [0.15, 0.2) is 5.78 Å². The van der Waals surface area contributed by atoms with Crippen LogP contribution in [0.1, 0.15) is 39.5 Å². The van der Waals surface area contributed by atoms with Gasteiger partial charge < -0.3 is 9.47 Å². The van der Waals surface area contributed by atoms with E-state index in [2.05, 4.69) is 0 Å². The Hall–Kier alpha value is -1.32. The van der Waals surface area contributed by atoms with Crippen LogP contribution >= 0.6 is 0 Å². The Balaban J connectivity index is 2.15. The minimum Gasteiger partial charge on any atom is -0.456 e. The lowest BCUT2D eigenvalue weighted by Crippen LogP contribution is -2.30. The maximum atomic E-state index is 11.6. The fraction of sp³-hybridized carbons (Fsp3) is 0.636. The number of ketones is 1. The smallest absolute Gasteiger partial charge is 0.305 e. The number of Topliss-reactive ketones (excluding diaryl/α,β-unsaturated/α-hetero) is 1. The van der Waals surface area contributed by atoms with Crippen LogP contribution in [0, 0.1) is 0 Å². The number of ether oxygens (including phenoxy) is 2. The van der Waals surface area contributed by atoms with Crippen LogP contribution in [0.3, 0.4) is 0 Å². The molecule has 1 aliphatic heterocycles. The largest absolute Gasteiger partial charge is 0.456 e. The summed E-state index contributed by atoms with van der Waals surface area (Å²) in [5, 5.41) is 0. The van der Waals surface area contributed by atoms with Gasteiger partial charge >= 0.3 is 5.97 Å². The highest BCUT2D eigenvalue weighted by molar-refractivity contribution is 5.97. The molecule has 2 aliphatic rings. The van der Waals surface area contributed by atoms with Gasteiger partial charge in [-0.15, -0.1) is 0 Å². The molecule has 0 bridgehead atoms. The lowest BCUT2D eigenvalue weighted by Gasteiger charge is -2.24. The Bertz CT molecular complexity index is 356. The van der Waals surface area contributed by atoms with Crippen LogP contribution in [-0.4, -0.2) is 17.5 Å². The molecule has 1 heterocycles. The van der Waals surface area contributed by atoms with E-state index in [0.717, 1.165) is 18.6 Å². The van der Waals surface area contributed by atoms with Crippen LogP contribution in [0.25, 0.3) is 0 Å². The molecule has 0 spiro atoms. The number of carbonyl (C=O) groups is 2. The van der Waals surface area contributed by atoms with Crippen LogP contribution in [0.5, 0.6) is 0 Å². The molecule has 0 saturated heterocycles. The zero-order valence-electron chi connectivity index (χ0n) is 8.96. The van der Waals surface area contributed by atoms with Gasteiger partial charge in [-0.2, -0.15) is 0 Å². The van der Waals surface area contributed by atoms with Crippen molar-refractivity contribution >= 4 is 11.8 Å². The Morgan fingerprint density at radius 3 is 2.80 bits per heavy atom. The van der Waals surface area contributed by atoms with Crippen LogP contribution in [0.4, 0.5) is 0 Å². The molecule has 4 heteroatoms. The van der Waals surface area contributed by atoms with Gasteiger partial charge in [0.25, 0.3) is 5.79 Å². The summed E-state index contributed by atoms with van der Waals surface area (Å²) >= 11 is 0. The van der Waals surface area contributed by atoms with Crippen LogP contribution in [0.2, 0.25) is 0 Å². The summed E-state index contributed by atoms with van der Waals surface area (Å²) in [7, 11) is 0. The van der Waals surface area contributed by atoms with Gasteiger partial charge in [0.05, 0.1) is 6.42 Å². The Morgan fingerprint density at radius 1 is 1.47 bits per heavy atom. The van der Waals surface area contributed by atoms with E-state index in [9.17, 15) is 9.59 Å². The molecule has 0 aromatic rings. The summed E-state index contributed by atoms with van der Waals surface area (Å²) < 4.78 is 10.6. The second-order valence-electron chi connectivity index (χ2n) is 4.18. The Kier molecular flexibility index (Phi) is 2.29. The van der Waals surface area contributed by atoms with Crippen LogP contribution in [-0.2, 0) is 19.1 Å². The molecule has 0 N–H and O–H groups in total.